The number of hydrogen-bond donors (Lipinski definition) is 2. The molecule has 1 saturated heterocycles. The molecule has 0 spiro atoms. The Kier molecular flexibility index (Phi) is 7.33. The fraction of sp³-hybridized carbons (Fsp3) is 0.423. The van der Waals surface area contributed by atoms with E-state index in [1.165, 1.54) is 0 Å². The monoisotopic (exact) mass is 486 g/mol. The van der Waals surface area contributed by atoms with Crippen molar-refractivity contribution in [3.63, 3.8) is 0 Å². The molecule has 35 heavy (non-hydrogen) atoms. The van der Waals surface area contributed by atoms with Gasteiger partial charge in [-0.05, 0) is 47.9 Å². The molecule has 7 nitrogen and oxygen atoms in total. The molecule has 4 rings (SSSR count). The van der Waals surface area contributed by atoms with Gasteiger partial charge in [0.2, 0.25) is 0 Å². The van der Waals surface area contributed by atoms with E-state index in [4.69, 9.17) is 9.84 Å². The molecule has 186 valence electrons. The average molecular weight is 487 g/mol. The van der Waals surface area contributed by atoms with Gasteiger partial charge in [0.15, 0.2) is 0 Å². The average Bonchev–Trinajstić information content (AvgIpc) is 3.18. The number of nitrogens with zero attached hydrogens (tertiary/aromatic N) is 1. The summed E-state index contributed by atoms with van der Waals surface area (Å²) in [6.07, 6.45) is 0.701. The largest absolute Gasteiger partial charge is 0.481 e. The quantitative estimate of drug-likeness (QED) is 0.577. The molecule has 1 aliphatic heterocycles. The molecule has 1 atom stereocenters. The minimum atomic E-state index is -3.83. The highest BCUT2D eigenvalue weighted by atomic mass is 19.3. The minimum Gasteiger partial charge on any atom is -0.481 e. The van der Waals surface area contributed by atoms with E-state index in [1.807, 2.05) is 53.8 Å². The number of rotatable bonds is 8. The first-order valence-corrected chi connectivity index (χ1v) is 11.8. The van der Waals surface area contributed by atoms with Crippen LogP contribution in [0, 0.1) is 0 Å². The number of alkyl carbamates (subject to hydrolysis) is 1. The van der Waals surface area contributed by atoms with Crippen molar-refractivity contribution in [3.05, 3.63) is 59.7 Å². The summed E-state index contributed by atoms with van der Waals surface area (Å²) >= 11 is 0. The second kappa shape index (κ2) is 10.4. The first kappa shape index (κ1) is 24.6. The lowest BCUT2D eigenvalue weighted by atomic mass is 9.97. The van der Waals surface area contributed by atoms with Crippen molar-refractivity contribution in [1.82, 2.24) is 10.2 Å². The van der Waals surface area contributed by atoms with Crippen LogP contribution in [-0.4, -0.2) is 59.6 Å². The number of ether oxygens (including phenoxy) is 1. The Labute approximate surface area is 202 Å². The summed E-state index contributed by atoms with van der Waals surface area (Å²) in [5.74, 6) is -6.47. The summed E-state index contributed by atoms with van der Waals surface area (Å²) < 4.78 is 34.7. The topological polar surface area (TPSA) is 95.9 Å². The molecule has 0 aromatic heterocycles. The van der Waals surface area contributed by atoms with Crippen molar-refractivity contribution in [3.8, 4) is 11.1 Å². The molecule has 2 N–H and O–H groups in total. The van der Waals surface area contributed by atoms with Crippen LogP contribution in [0.3, 0.4) is 0 Å². The molecule has 1 unspecified atom stereocenters. The number of fused-ring (bicyclic) bond motifs is 3. The number of likely N-dealkylation sites (tertiary alicyclic amines) is 1. The first-order chi connectivity index (χ1) is 16.8. The molecule has 2 aromatic carbocycles. The third-order valence-electron chi connectivity index (χ3n) is 6.69. The molecule has 0 bridgehead atoms. The third-order valence-corrected chi connectivity index (χ3v) is 6.69. The fourth-order valence-corrected chi connectivity index (χ4v) is 4.98. The van der Waals surface area contributed by atoms with Crippen LogP contribution >= 0.6 is 0 Å². The number of carbonyl (C=O) groups is 3. The molecular weight excluding hydrogens is 458 g/mol. The molecule has 0 saturated carbocycles. The number of aliphatic carboxylic acids is 1. The van der Waals surface area contributed by atoms with Gasteiger partial charge in [-0.15, -0.1) is 0 Å². The zero-order valence-electron chi connectivity index (χ0n) is 19.2. The van der Waals surface area contributed by atoms with Crippen molar-refractivity contribution < 1.29 is 33.0 Å². The Morgan fingerprint density at radius 2 is 1.66 bits per heavy atom. The molecule has 2 aromatic rings. The van der Waals surface area contributed by atoms with Gasteiger partial charge in [0.25, 0.3) is 5.91 Å². The van der Waals surface area contributed by atoms with E-state index in [1.54, 1.807) is 0 Å². The number of benzene rings is 2. The number of nitrogens with one attached hydrogen (secondary N) is 1. The summed E-state index contributed by atoms with van der Waals surface area (Å²) in [6, 6.07) is 15.0. The van der Waals surface area contributed by atoms with Crippen molar-refractivity contribution in [1.29, 1.82) is 0 Å². The van der Waals surface area contributed by atoms with Gasteiger partial charge >= 0.3 is 18.0 Å². The number of piperidine rings is 1. The van der Waals surface area contributed by atoms with Crippen LogP contribution < -0.4 is 5.32 Å². The van der Waals surface area contributed by atoms with Crippen molar-refractivity contribution in [2.75, 3.05) is 19.7 Å². The Bertz CT molecular complexity index is 1060. The van der Waals surface area contributed by atoms with Gasteiger partial charge in [-0.2, -0.15) is 8.78 Å². The predicted octanol–water partition coefficient (Wildman–Crippen LogP) is 4.41. The van der Waals surface area contributed by atoms with Crippen molar-refractivity contribution >= 4 is 18.0 Å². The van der Waals surface area contributed by atoms with Crippen LogP contribution in [0.4, 0.5) is 13.6 Å². The van der Waals surface area contributed by atoms with Gasteiger partial charge < -0.3 is 20.1 Å². The molecule has 9 heteroatoms. The number of alkyl halides is 2. The summed E-state index contributed by atoms with van der Waals surface area (Å²) in [7, 11) is 0. The predicted molar refractivity (Wildman–Crippen MR) is 124 cm³/mol. The third kappa shape index (κ3) is 5.44. The summed E-state index contributed by atoms with van der Waals surface area (Å²) in [5.41, 5.74) is 4.10. The van der Waals surface area contributed by atoms with Gasteiger partial charge in [-0.25, -0.2) is 4.79 Å². The summed E-state index contributed by atoms with van der Waals surface area (Å²) in [6.45, 7) is -1.07. The number of carboxylic acid groups (broad SMARTS) is 1. The highest BCUT2D eigenvalue weighted by Crippen LogP contribution is 2.44. The van der Waals surface area contributed by atoms with Crippen LogP contribution in [0.25, 0.3) is 11.1 Å². The van der Waals surface area contributed by atoms with Gasteiger partial charge in [-0.1, -0.05) is 48.5 Å². The number of amides is 2. The van der Waals surface area contributed by atoms with Gasteiger partial charge in [0.05, 0.1) is 6.54 Å². The van der Waals surface area contributed by atoms with Gasteiger partial charge in [0.1, 0.15) is 6.61 Å². The highest BCUT2D eigenvalue weighted by Gasteiger charge is 2.45. The molecule has 2 aliphatic rings. The molecule has 0 radical (unpaired) electrons. The number of carbonyl (C=O) groups excluding carboxylic acids is 2. The molecule has 1 fully saturated rings. The van der Waals surface area contributed by atoms with Crippen LogP contribution in [0.1, 0.15) is 49.1 Å². The lowest BCUT2D eigenvalue weighted by molar-refractivity contribution is -0.161. The number of carboxylic acids is 1. The lowest BCUT2D eigenvalue weighted by Gasteiger charge is -2.37. The van der Waals surface area contributed by atoms with E-state index in [-0.39, 0.29) is 31.9 Å². The smallest absolute Gasteiger partial charge is 0.407 e. The second-order valence-corrected chi connectivity index (χ2v) is 8.96. The van der Waals surface area contributed by atoms with Crippen molar-refractivity contribution in [2.24, 2.45) is 0 Å². The zero-order chi connectivity index (χ0) is 25.0. The van der Waals surface area contributed by atoms with Crippen LogP contribution in [0.15, 0.2) is 48.5 Å². The highest BCUT2D eigenvalue weighted by molar-refractivity contribution is 5.85. The maximum absolute atomic E-state index is 14.7. The van der Waals surface area contributed by atoms with Crippen LogP contribution in [0.5, 0.6) is 0 Å². The normalized spacial score (nSPS) is 17.4. The van der Waals surface area contributed by atoms with Crippen molar-refractivity contribution in [2.45, 2.75) is 50.0 Å². The van der Waals surface area contributed by atoms with E-state index >= 15 is 0 Å². The van der Waals surface area contributed by atoms with E-state index in [0.717, 1.165) is 33.6 Å². The molecule has 1 heterocycles. The molecule has 2 amide bonds. The summed E-state index contributed by atoms with van der Waals surface area (Å²) in [5, 5.41) is 10.9. The second-order valence-electron chi connectivity index (χ2n) is 8.96. The SMILES string of the molecule is O=C(O)CCC1CCCCN1C(=O)C(F)(F)CNC(=O)OCC1c2ccccc2-c2ccccc21. The molecule has 1 aliphatic carbocycles. The van der Waals surface area contributed by atoms with Gasteiger partial charge in [0, 0.05) is 24.9 Å². The lowest BCUT2D eigenvalue weighted by Crippen LogP contribution is -2.54. The number of hydrogen-bond acceptors (Lipinski definition) is 4. The fourth-order valence-electron chi connectivity index (χ4n) is 4.98. The first-order valence-electron chi connectivity index (χ1n) is 11.8. The maximum Gasteiger partial charge on any atom is 0.407 e. The Hall–Kier alpha value is -3.49. The van der Waals surface area contributed by atoms with E-state index in [2.05, 4.69) is 0 Å². The Morgan fingerprint density at radius 3 is 2.29 bits per heavy atom. The van der Waals surface area contributed by atoms with E-state index in [0.29, 0.717) is 12.8 Å². The Balaban J connectivity index is 1.33. The maximum atomic E-state index is 14.7. The standard InChI is InChI=1S/C26H28F2N2O5/c27-26(28,24(33)30-14-6-5-7-17(30)12-13-23(31)32)16-29-25(34)35-15-22-20-10-3-1-8-18(20)19-9-2-4-11-21(19)22/h1-4,8-11,17,22H,5-7,12-16H2,(H,29,34)(H,31,32). The molecular formula is C26H28F2N2O5. The van der Waals surface area contributed by atoms with Crippen LogP contribution in [0.2, 0.25) is 0 Å². The zero-order valence-corrected chi connectivity index (χ0v) is 19.2. The van der Waals surface area contributed by atoms with Crippen LogP contribution in [-0.2, 0) is 14.3 Å². The minimum absolute atomic E-state index is 0.0250. The summed E-state index contributed by atoms with van der Waals surface area (Å²) in [4.78, 5) is 36.8. The van der Waals surface area contributed by atoms with Gasteiger partial charge in [-0.3, -0.25) is 9.59 Å². The Morgan fingerprint density at radius 1 is 1.03 bits per heavy atom. The number of halogens is 2. The van der Waals surface area contributed by atoms with E-state index < -0.39 is 36.5 Å². The van der Waals surface area contributed by atoms with E-state index in [9.17, 15) is 23.2 Å².